The molecule has 1 amide bonds. The number of carbonyl (C=O) groups is 1. The van der Waals surface area contributed by atoms with Crippen molar-refractivity contribution in [3.63, 3.8) is 0 Å². The summed E-state index contributed by atoms with van der Waals surface area (Å²) in [6.07, 6.45) is 1.12. The van der Waals surface area contributed by atoms with Crippen molar-refractivity contribution in [3.8, 4) is 0 Å². The molecule has 0 aliphatic carbocycles. The molecule has 1 atom stereocenters. The molecule has 0 radical (unpaired) electrons. The van der Waals surface area contributed by atoms with Crippen molar-refractivity contribution in [2.45, 2.75) is 45.1 Å². The molecule has 2 aromatic carbocycles. The van der Waals surface area contributed by atoms with E-state index in [0.717, 1.165) is 16.8 Å². The van der Waals surface area contributed by atoms with Crippen molar-refractivity contribution in [3.05, 3.63) is 63.9 Å². The summed E-state index contributed by atoms with van der Waals surface area (Å²) in [5.74, 6) is -1.19. The second-order valence-corrected chi connectivity index (χ2v) is 10.2. The number of anilines is 1. The van der Waals surface area contributed by atoms with Crippen molar-refractivity contribution in [2.75, 3.05) is 11.1 Å². The van der Waals surface area contributed by atoms with Crippen LogP contribution in [0.3, 0.4) is 0 Å². The number of halogens is 2. The van der Waals surface area contributed by atoms with E-state index in [1.807, 2.05) is 0 Å². The predicted octanol–water partition coefficient (Wildman–Crippen LogP) is 4.78. The Bertz CT molecular complexity index is 1050. The average molecular weight is 439 g/mol. The molecule has 1 unspecified atom stereocenters. The normalized spacial score (nSPS) is 17.9. The van der Waals surface area contributed by atoms with E-state index < -0.39 is 21.7 Å². The Morgan fingerprint density at radius 2 is 2.00 bits per heavy atom. The lowest BCUT2D eigenvalue weighted by molar-refractivity contribution is 0.0981. The van der Waals surface area contributed by atoms with Crippen molar-refractivity contribution in [1.82, 2.24) is 4.72 Å². The van der Waals surface area contributed by atoms with Gasteiger partial charge >= 0.3 is 0 Å². The molecular formula is C21H24ClFN2O3S. The molecule has 156 valence electrons. The van der Waals surface area contributed by atoms with E-state index in [0.29, 0.717) is 18.4 Å². The standard InChI is InChI=1S/C21H24ClFN2O3S/c1-4-9-29(27,28)25-20(26)14-6-8-18-15(10-14)21(2,3)12-19(24-18)13-5-7-17(23)16(22)11-13/h5-8,10-11,19,24H,4,9,12H2,1-3H3,(H,25,26). The number of rotatable bonds is 5. The van der Waals surface area contributed by atoms with Gasteiger partial charge in [0.05, 0.1) is 16.8 Å². The van der Waals surface area contributed by atoms with Gasteiger partial charge < -0.3 is 5.32 Å². The van der Waals surface area contributed by atoms with Gasteiger partial charge in [-0.2, -0.15) is 0 Å². The number of benzene rings is 2. The Balaban J connectivity index is 1.89. The van der Waals surface area contributed by atoms with Gasteiger partial charge in [0.25, 0.3) is 5.91 Å². The minimum atomic E-state index is -3.64. The zero-order valence-electron chi connectivity index (χ0n) is 16.6. The minimum absolute atomic E-state index is 0.0693. The van der Waals surface area contributed by atoms with Gasteiger partial charge in [-0.25, -0.2) is 17.5 Å². The van der Waals surface area contributed by atoms with E-state index in [4.69, 9.17) is 11.6 Å². The quantitative estimate of drug-likeness (QED) is 0.704. The SMILES string of the molecule is CCCS(=O)(=O)NC(=O)c1ccc2c(c1)C(C)(C)CC(c1ccc(F)c(Cl)c1)N2. The highest BCUT2D eigenvalue weighted by molar-refractivity contribution is 7.90. The maximum Gasteiger partial charge on any atom is 0.264 e. The van der Waals surface area contributed by atoms with Gasteiger partial charge in [-0.15, -0.1) is 0 Å². The van der Waals surface area contributed by atoms with Crippen LogP contribution in [0, 0.1) is 5.82 Å². The Hall–Kier alpha value is -2.12. The Kier molecular flexibility index (Phi) is 5.92. The molecule has 3 rings (SSSR count). The number of sulfonamides is 1. The summed E-state index contributed by atoms with van der Waals surface area (Å²) in [4.78, 5) is 12.4. The molecular weight excluding hydrogens is 415 g/mol. The number of carbonyl (C=O) groups excluding carboxylic acids is 1. The van der Waals surface area contributed by atoms with Gasteiger partial charge in [0.2, 0.25) is 10.0 Å². The van der Waals surface area contributed by atoms with Gasteiger partial charge in [0.15, 0.2) is 0 Å². The Morgan fingerprint density at radius 3 is 2.66 bits per heavy atom. The fourth-order valence-electron chi connectivity index (χ4n) is 3.68. The van der Waals surface area contributed by atoms with Crippen LogP contribution in [0.4, 0.5) is 10.1 Å². The lowest BCUT2D eigenvalue weighted by Gasteiger charge is -2.39. The van der Waals surface area contributed by atoms with E-state index in [-0.39, 0.29) is 22.2 Å². The zero-order chi connectivity index (χ0) is 21.4. The van der Waals surface area contributed by atoms with Crippen LogP contribution in [0.15, 0.2) is 36.4 Å². The Labute approximate surface area is 175 Å². The first-order valence-electron chi connectivity index (χ1n) is 9.43. The van der Waals surface area contributed by atoms with Crippen LogP contribution in [0.1, 0.15) is 61.1 Å². The van der Waals surface area contributed by atoms with Gasteiger partial charge in [0, 0.05) is 11.3 Å². The minimum Gasteiger partial charge on any atom is -0.378 e. The van der Waals surface area contributed by atoms with Crippen molar-refractivity contribution >= 4 is 33.2 Å². The van der Waals surface area contributed by atoms with Crippen molar-refractivity contribution in [2.24, 2.45) is 0 Å². The molecule has 5 nitrogen and oxygen atoms in total. The third-order valence-corrected chi connectivity index (χ3v) is 6.85. The summed E-state index contributed by atoms with van der Waals surface area (Å²) >= 11 is 5.94. The molecule has 29 heavy (non-hydrogen) atoms. The zero-order valence-corrected chi connectivity index (χ0v) is 18.1. The van der Waals surface area contributed by atoms with E-state index in [1.54, 1.807) is 37.3 Å². The molecule has 0 aromatic heterocycles. The van der Waals surface area contributed by atoms with Crippen molar-refractivity contribution < 1.29 is 17.6 Å². The second-order valence-electron chi connectivity index (χ2n) is 7.97. The molecule has 0 spiro atoms. The second kappa shape index (κ2) is 7.95. The molecule has 0 fully saturated rings. The molecule has 2 N–H and O–H groups in total. The largest absolute Gasteiger partial charge is 0.378 e. The number of fused-ring (bicyclic) bond motifs is 1. The molecule has 1 aliphatic rings. The Morgan fingerprint density at radius 1 is 1.28 bits per heavy atom. The number of hydrogen-bond acceptors (Lipinski definition) is 4. The topological polar surface area (TPSA) is 75.3 Å². The predicted molar refractivity (Wildman–Crippen MR) is 113 cm³/mol. The molecule has 0 bridgehead atoms. The maximum atomic E-state index is 13.5. The fraction of sp³-hybridized carbons (Fsp3) is 0.381. The summed E-state index contributed by atoms with van der Waals surface area (Å²) in [6.45, 7) is 5.85. The summed E-state index contributed by atoms with van der Waals surface area (Å²) in [7, 11) is -3.64. The molecule has 8 heteroatoms. The van der Waals surface area contributed by atoms with Crippen LogP contribution in [-0.4, -0.2) is 20.1 Å². The fourth-order valence-corrected chi connectivity index (χ4v) is 4.91. The highest BCUT2D eigenvalue weighted by Gasteiger charge is 2.34. The van der Waals surface area contributed by atoms with E-state index >= 15 is 0 Å². The number of amides is 1. The first kappa shape index (κ1) is 21.6. The maximum absolute atomic E-state index is 13.5. The summed E-state index contributed by atoms with van der Waals surface area (Å²) < 4.78 is 39.4. The molecule has 1 heterocycles. The highest BCUT2D eigenvalue weighted by atomic mass is 35.5. The van der Waals surface area contributed by atoms with Crippen LogP contribution in [0.2, 0.25) is 5.02 Å². The molecule has 1 aliphatic heterocycles. The number of hydrogen-bond donors (Lipinski definition) is 2. The van der Waals surface area contributed by atoms with E-state index in [9.17, 15) is 17.6 Å². The van der Waals surface area contributed by atoms with E-state index in [2.05, 4.69) is 23.9 Å². The third-order valence-electron chi connectivity index (χ3n) is 5.12. The lowest BCUT2D eigenvalue weighted by atomic mass is 9.73. The summed E-state index contributed by atoms with van der Waals surface area (Å²) in [5.41, 5.74) is 2.64. The first-order chi connectivity index (χ1) is 13.5. The lowest BCUT2D eigenvalue weighted by Crippen LogP contribution is -2.34. The van der Waals surface area contributed by atoms with Crippen LogP contribution < -0.4 is 10.0 Å². The monoisotopic (exact) mass is 438 g/mol. The van der Waals surface area contributed by atoms with Crippen molar-refractivity contribution in [1.29, 1.82) is 0 Å². The van der Waals surface area contributed by atoms with Crippen LogP contribution in [-0.2, 0) is 15.4 Å². The average Bonchev–Trinajstić information content (AvgIpc) is 2.62. The molecule has 0 saturated heterocycles. The summed E-state index contributed by atoms with van der Waals surface area (Å²) in [6, 6.07) is 9.71. The van der Waals surface area contributed by atoms with Crippen LogP contribution >= 0.6 is 11.6 Å². The van der Waals surface area contributed by atoms with Crippen LogP contribution in [0.25, 0.3) is 0 Å². The molecule has 2 aromatic rings. The van der Waals surface area contributed by atoms with Gasteiger partial charge in [-0.3, -0.25) is 4.79 Å². The number of nitrogens with one attached hydrogen (secondary N) is 2. The first-order valence-corrected chi connectivity index (χ1v) is 11.5. The van der Waals surface area contributed by atoms with E-state index in [1.165, 1.54) is 6.07 Å². The summed E-state index contributed by atoms with van der Waals surface area (Å²) in [5, 5.41) is 3.50. The smallest absolute Gasteiger partial charge is 0.264 e. The van der Waals surface area contributed by atoms with Gasteiger partial charge in [-0.1, -0.05) is 38.4 Å². The third kappa shape index (κ3) is 4.73. The molecule has 0 saturated carbocycles. The highest BCUT2D eigenvalue weighted by Crippen LogP contribution is 2.44. The van der Waals surface area contributed by atoms with Crippen LogP contribution in [0.5, 0.6) is 0 Å². The van der Waals surface area contributed by atoms with Gasteiger partial charge in [-0.05, 0) is 59.7 Å². The van der Waals surface area contributed by atoms with Gasteiger partial charge in [0.1, 0.15) is 5.82 Å².